The van der Waals surface area contributed by atoms with Gasteiger partial charge in [0, 0.05) is 25.2 Å². The summed E-state index contributed by atoms with van der Waals surface area (Å²) in [6.45, 7) is 8.17. The Balaban J connectivity index is 1.83. The van der Waals surface area contributed by atoms with E-state index in [1.165, 1.54) is 25.0 Å². The summed E-state index contributed by atoms with van der Waals surface area (Å²) in [5.74, 6) is 0.519. The lowest BCUT2D eigenvalue weighted by Gasteiger charge is -2.30. The summed E-state index contributed by atoms with van der Waals surface area (Å²) in [4.78, 5) is 14.8. The molecule has 0 spiro atoms. The molecular formula is C18H29N3O3S. The van der Waals surface area contributed by atoms with Crippen LogP contribution in [0.3, 0.4) is 0 Å². The Hall–Kier alpha value is -1.44. The van der Waals surface area contributed by atoms with Crippen molar-refractivity contribution in [3.05, 3.63) is 29.8 Å². The number of hydrogen-bond donors (Lipinski definition) is 2. The number of benzene rings is 1. The smallest absolute Gasteiger partial charge is 0.251 e. The Morgan fingerprint density at radius 1 is 1.36 bits per heavy atom. The van der Waals surface area contributed by atoms with Crippen molar-refractivity contribution in [1.82, 2.24) is 14.9 Å². The van der Waals surface area contributed by atoms with Crippen LogP contribution >= 0.6 is 0 Å². The predicted molar refractivity (Wildman–Crippen MR) is 99.1 cm³/mol. The van der Waals surface area contributed by atoms with Crippen molar-refractivity contribution in [3.63, 3.8) is 0 Å². The first-order chi connectivity index (χ1) is 11.9. The van der Waals surface area contributed by atoms with E-state index in [9.17, 15) is 13.2 Å². The van der Waals surface area contributed by atoms with Crippen LogP contribution in [0.4, 0.5) is 0 Å². The molecule has 0 bridgehead atoms. The highest BCUT2D eigenvalue weighted by atomic mass is 32.2. The summed E-state index contributed by atoms with van der Waals surface area (Å²) in [7, 11) is -3.55. The molecule has 1 fully saturated rings. The highest BCUT2D eigenvalue weighted by molar-refractivity contribution is 7.89. The molecule has 1 aliphatic rings. The summed E-state index contributed by atoms with van der Waals surface area (Å²) in [6, 6.07) is 6.13. The summed E-state index contributed by atoms with van der Waals surface area (Å²) >= 11 is 0. The molecule has 1 aromatic carbocycles. The number of nitrogens with one attached hydrogen (secondary N) is 2. The number of carbonyl (C=O) groups excluding carboxylic acids is 1. The fourth-order valence-corrected chi connectivity index (χ4v) is 4.26. The van der Waals surface area contributed by atoms with Gasteiger partial charge in [-0.3, -0.25) is 4.79 Å². The maximum absolute atomic E-state index is 12.2. The second kappa shape index (κ2) is 9.31. The molecule has 1 saturated heterocycles. The van der Waals surface area contributed by atoms with E-state index in [1.807, 2.05) is 0 Å². The van der Waals surface area contributed by atoms with Crippen molar-refractivity contribution in [1.29, 1.82) is 0 Å². The van der Waals surface area contributed by atoms with Crippen LogP contribution in [0, 0.1) is 5.92 Å². The van der Waals surface area contributed by atoms with Crippen molar-refractivity contribution in [3.8, 4) is 0 Å². The first-order valence-electron chi connectivity index (χ1n) is 9.02. The predicted octanol–water partition coefficient (Wildman–Crippen LogP) is 1.84. The Morgan fingerprint density at radius 3 is 2.88 bits per heavy atom. The third kappa shape index (κ3) is 6.09. The number of rotatable bonds is 8. The normalized spacial score (nSPS) is 18.9. The van der Waals surface area contributed by atoms with Crippen LogP contribution in [0.25, 0.3) is 0 Å². The number of sulfonamides is 1. The lowest BCUT2D eigenvalue weighted by atomic mass is 10.0. The molecule has 0 radical (unpaired) electrons. The topological polar surface area (TPSA) is 78.5 Å². The van der Waals surface area contributed by atoms with Crippen LogP contribution < -0.4 is 10.0 Å². The van der Waals surface area contributed by atoms with Gasteiger partial charge < -0.3 is 10.2 Å². The van der Waals surface area contributed by atoms with Gasteiger partial charge in [-0.05, 0) is 56.5 Å². The largest absolute Gasteiger partial charge is 0.352 e. The van der Waals surface area contributed by atoms with Crippen molar-refractivity contribution in [2.75, 3.05) is 32.7 Å². The third-order valence-electron chi connectivity index (χ3n) is 4.42. The van der Waals surface area contributed by atoms with E-state index in [0.717, 1.165) is 32.0 Å². The van der Waals surface area contributed by atoms with Gasteiger partial charge in [-0.25, -0.2) is 13.1 Å². The van der Waals surface area contributed by atoms with Crippen molar-refractivity contribution < 1.29 is 13.2 Å². The molecule has 1 unspecified atom stereocenters. The molecule has 6 nitrogen and oxygen atoms in total. The maximum atomic E-state index is 12.2. The first kappa shape index (κ1) is 19.9. The summed E-state index contributed by atoms with van der Waals surface area (Å²) in [6.07, 6.45) is 3.45. The van der Waals surface area contributed by atoms with Gasteiger partial charge >= 0.3 is 0 Å². The van der Waals surface area contributed by atoms with Gasteiger partial charge in [-0.1, -0.05) is 19.9 Å². The molecule has 0 saturated carbocycles. The number of piperidine rings is 1. The van der Waals surface area contributed by atoms with E-state index in [-0.39, 0.29) is 10.8 Å². The third-order valence-corrected chi connectivity index (χ3v) is 5.96. The minimum Gasteiger partial charge on any atom is -0.352 e. The van der Waals surface area contributed by atoms with Crippen LogP contribution in [-0.4, -0.2) is 51.9 Å². The zero-order valence-electron chi connectivity index (χ0n) is 15.1. The molecule has 25 heavy (non-hydrogen) atoms. The second-order valence-electron chi connectivity index (χ2n) is 6.69. The van der Waals surface area contributed by atoms with Crippen molar-refractivity contribution in [2.45, 2.75) is 38.0 Å². The van der Waals surface area contributed by atoms with Crippen LogP contribution in [0.2, 0.25) is 0 Å². The van der Waals surface area contributed by atoms with E-state index in [0.29, 0.717) is 18.7 Å². The molecular weight excluding hydrogens is 338 g/mol. The summed E-state index contributed by atoms with van der Waals surface area (Å²) in [5, 5.41) is 2.88. The number of nitrogens with zero attached hydrogens (tertiary/aromatic N) is 1. The monoisotopic (exact) mass is 367 g/mol. The number of amides is 1. The summed E-state index contributed by atoms with van der Waals surface area (Å²) in [5.41, 5.74) is 0.366. The van der Waals surface area contributed by atoms with Crippen LogP contribution in [0.5, 0.6) is 0 Å². The number of likely N-dealkylation sites (tertiary alicyclic amines) is 1. The molecule has 0 aliphatic carbocycles. The molecule has 1 atom stereocenters. The summed E-state index contributed by atoms with van der Waals surface area (Å²) < 4.78 is 26.5. The van der Waals surface area contributed by atoms with Crippen LogP contribution in [0.15, 0.2) is 29.2 Å². The van der Waals surface area contributed by atoms with Crippen LogP contribution in [-0.2, 0) is 10.0 Å². The molecule has 0 aromatic heterocycles. The lowest BCUT2D eigenvalue weighted by Crippen LogP contribution is -2.36. The van der Waals surface area contributed by atoms with Crippen LogP contribution in [0.1, 0.15) is 43.5 Å². The van der Waals surface area contributed by atoms with Gasteiger partial charge in [0.05, 0.1) is 4.90 Å². The van der Waals surface area contributed by atoms with E-state index in [4.69, 9.17) is 0 Å². The van der Waals surface area contributed by atoms with E-state index >= 15 is 0 Å². The Bertz CT molecular complexity index is 676. The van der Waals surface area contributed by atoms with Gasteiger partial charge in [0.1, 0.15) is 0 Å². The molecule has 7 heteroatoms. The van der Waals surface area contributed by atoms with E-state index in [2.05, 4.69) is 21.9 Å². The van der Waals surface area contributed by atoms with Gasteiger partial charge in [-0.15, -0.1) is 0 Å². The average molecular weight is 368 g/mol. The first-order valence-corrected chi connectivity index (χ1v) is 10.5. The highest BCUT2D eigenvalue weighted by Crippen LogP contribution is 2.15. The quantitative estimate of drug-likeness (QED) is 0.687. The number of carbonyl (C=O) groups is 1. The average Bonchev–Trinajstić information content (AvgIpc) is 2.59. The minimum absolute atomic E-state index is 0.115. The molecule has 1 aromatic rings. The van der Waals surface area contributed by atoms with Crippen molar-refractivity contribution in [2.24, 2.45) is 5.92 Å². The van der Waals surface area contributed by atoms with E-state index < -0.39 is 10.0 Å². The minimum atomic E-state index is -3.55. The number of hydrogen-bond acceptors (Lipinski definition) is 4. The molecule has 1 aliphatic heterocycles. The van der Waals surface area contributed by atoms with Crippen molar-refractivity contribution >= 4 is 15.9 Å². The Morgan fingerprint density at radius 2 is 2.16 bits per heavy atom. The molecule has 2 N–H and O–H groups in total. The maximum Gasteiger partial charge on any atom is 0.251 e. The zero-order chi connectivity index (χ0) is 18.3. The second-order valence-corrected chi connectivity index (χ2v) is 8.45. The van der Waals surface area contributed by atoms with Gasteiger partial charge in [0.15, 0.2) is 0 Å². The Labute approximate surface area is 151 Å². The molecule has 140 valence electrons. The highest BCUT2D eigenvalue weighted by Gasteiger charge is 2.16. The Kier molecular flexibility index (Phi) is 7.40. The van der Waals surface area contributed by atoms with Gasteiger partial charge in [0.25, 0.3) is 5.91 Å². The van der Waals surface area contributed by atoms with E-state index in [1.54, 1.807) is 19.1 Å². The van der Waals surface area contributed by atoms with Gasteiger partial charge in [-0.2, -0.15) is 0 Å². The molecule has 1 amide bonds. The van der Waals surface area contributed by atoms with Gasteiger partial charge in [0.2, 0.25) is 10.0 Å². The standard InChI is InChI=1S/C18H29N3O3S/c1-3-20-25(23,24)17-9-4-8-16(13-17)18(22)19-10-6-12-21-11-5-7-15(2)14-21/h4,8-9,13,15,20H,3,5-7,10-12,14H2,1-2H3,(H,19,22). The lowest BCUT2D eigenvalue weighted by molar-refractivity contribution is 0.0950. The zero-order valence-corrected chi connectivity index (χ0v) is 15.9. The fraction of sp³-hybridized carbons (Fsp3) is 0.611. The SMILES string of the molecule is CCNS(=O)(=O)c1cccc(C(=O)NCCCN2CCCC(C)C2)c1. The molecule has 1 heterocycles. The molecule has 2 rings (SSSR count). The fourth-order valence-electron chi connectivity index (χ4n) is 3.17.